The Morgan fingerprint density at radius 1 is 1.47 bits per heavy atom. The number of aromatic nitrogens is 1. The second-order valence-electron chi connectivity index (χ2n) is 4.60. The van der Waals surface area contributed by atoms with E-state index in [1.165, 1.54) is 0 Å². The first-order valence-corrected chi connectivity index (χ1v) is 6.42. The van der Waals surface area contributed by atoms with Gasteiger partial charge in [0.1, 0.15) is 5.82 Å². The van der Waals surface area contributed by atoms with E-state index in [1.807, 2.05) is 20.8 Å². The topological polar surface area (TPSA) is 89.3 Å². The molecule has 0 aromatic carbocycles. The quantitative estimate of drug-likeness (QED) is 0.691. The van der Waals surface area contributed by atoms with Gasteiger partial charge in [-0.15, -0.1) is 0 Å². The zero-order valence-electron chi connectivity index (χ0n) is 11.7. The van der Waals surface area contributed by atoms with Gasteiger partial charge >= 0.3 is 0 Å². The molecule has 0 aliphatic rings. The normalized spacial score (nSPS) is 10.3. The molecule has 0 aliphatic heterocycles. The SMILES string of the molecule is CCNC(=O)CNc1ccc(N)c(OCC(C)C)n1. The summed E-state index contributed by atoms with van der Waals surface area (Å²) in [7, 11) is 0. The van der Waals surface area contributed by atoms with Crippen molar-refractivity contribution < 1.29 is 9.53 Å². The molecule has 1 rings (SSSR count). The fourth-order valence-electron chi connectivity index (χ4n) is 1.34. The van der Waals surface area contributed by atoms with E-state index in [0.29, 0.717) is 36.5 Å². The van der Waals surface area contributed by atoms with Gasteiger partial charge in [0.15, 0.2) is 0 Å². The van der Waals surface area contributed by atoms with Crippen LogP contribution in [0, 0.1) is 5.92 Å². The fourth-order valence-corrected chi connectivity index (χ4v) is 1.34. The van der Waals surface area contributed by atoms with Crippen molar-refractivity contribution in [2.75, 3.05) is 30.7 Å². The Bertz CT molecular complexity index is 421. The minimum absolute atomic E-state index is 0.0780. The van der Waals surface area contributed by atoms with Crippen LogP contribution in [0.5, 0.6) is 5.88 Å². The number of hydrogen-bond donors (Lipinski definition) is 3. The van der Waals surface area contributed by atoms with Crippen molar-refractivity contribution in [3.63, 3.8) is 0 Å². The van der Waals surface area contributed by atoms with Gasteiger partial charge in [-0.1, -0.05) is 13.8 Å². The predicted octanol–water partition coefficient (Wildman–Crippen LogP) is 1.25. The van der Waals surface area contributed by atoms with Crippen LogP contribution in [0.25, 0.3) is 0 Å². The summed E-state index contributed by atoms with van der Waals surface area (Å²) in [5.41, 5.74) is 6.27. The van der Waals surface area contributed by atoms with E-state index in [2.05, 4.69) is 15.6 Å². The molecule has 0 fully saturated rings. The molecule has 6 nitrogen and oxygen atoms in total. The van der Waals surface area contributed by atoms with Crippen molar-refractivity contribution in [3.05, 3.63) is 12.1 Å². The molecule has 0 unspecified atom stereocenters. The lowest BCUT2D eigenvalue weighted by atomic mass is 10.2. The Morgan fingerprint density at radius 2 is 2.21 bits per heavy atom. The molecule has 6 heteroatoms. The summed E-state index contributed by atoms with van der Waals surface area (Å²) in [5, 5.41) is 5.62. The van der Waals surface area contributed by atoms with Crippen LogP contribution in [0.4, 0.5) is 11.5 Å². The number of nitrogens with two attached hydrogens (primary N) is 1. The lowest BCUT2D eigenvalue weighted by molar-refractivity contribution is -0.119. The molecule has 0 aliphatic carbocycles. The van der Waals surface area contributed by atoms with Gasteiger partial charge in [-0.25, -0.2) is 0 Å². The van der Waals surface area contributed by atoms with Crippen LogP contribution in [-0.4, -0.2) is 30.6 Å². The molecule has 1 amide bonds. The first-order valence-electron chi connectivity index (χ1n) is 6.42. The van der Waals surface area contributed by atoms with Crippen LogP contribution in [-0.2, 0) is 4.79 Å². The molecule has 0 spiro atoms. The van der Waals surface area contributed by atoms with Crippen molar-refractivity contribution in [2.24, 2.45) is 5.92 Å². The van der Waals surface area contributed by atoms with E-state index >= 15 is 0 Å². The zero-order valence-corrected chi connectivity index (χ0v) is 11.7. The summed E-state index contributed by atoms with van der Waals surface area (Å²) in [6, 6.07) is 3.43. The fraction of sp³-hybridized carbons (Fsp3) is 0.538. The summed E-state index contributed by atoms with van der Waals surface area (Å²) in [5.74, 6) is 1.28. The van der Waals surface area contributed by atoms with Gasteiger partial charge in [-0.2, -0.15) is 4.98 Å². The van der Waals surface area contributed by atoms with Crippen LogP contribution in [0.15, 0.2) is 12.1 Å². The minimum Gasteiger partial charge on any atom is -0.476 e. The number of anilines is 2. The van der Waals surface area contributed by atoms with Crippen LogP contribution >= 0.6 is 0 Å². The maximum Gasteiger partial charge on any atom is 0.239 e. The lowest BCUT2D eigenvalue weighted by Gasteiger charge is -2.12. The van der Waals surface area contributed by atoms with Crippen LogP contribution in [0.2, 0.25) is 0 Å². The highest BCUT2D eigenvalue weighted by Gasteiger charge is 2.06. The number of likely N-dealkylation sites (N-methyl/N-ethyl adjacent to an activating group) is 1. The van der Waals surface area contributed by atoms with E-state index in [-0.39, 0.29) is 12.5 Å². The molecule has 0 atom stereocenters. The van der Waals surface area contributed by atoms with Crippen LogP contribution in [0.3, 0.4) is 0 Å². The highest BCUT2D eigenvalue weighted by atomic mass is 16.5. The third-order valence-corrected chi connectivity index (χ3v) is 2.25. The average Bonchev–Trinajstić information content (AvgIpc) is 2.36. The van der Waals surface area contributed by atoms with Crippen LogP contribution < -0.4 is 21.1 Å². The number of ether oxygens (including phenoxy) is 1. The van der Waals surface area contributed by atoms with Crippen molar-refractivity contribution in [1.29, 1.82) is 0 Å². The Balaban J connectivity index is 2.60. The number of nitrogens with zero attached hydrogens (tertiary/aromatic N) is 1. The second-order valence-corrected chi connectivity index (χ2v) is 4.60. The summed E-state index contributed by atoms with van der Waals surface area (Å²) in [6.07, 6.45) is 0. The molecule has 0 saturated carbocycles. The Morgan fingerprint density at radius 3 is 2.84 bits per heavy atom. The van der Waals surface area contributed by atoms with Gasteiger partial charge in [0.05, 0.1) is 18.8 Å². The van der Waals surface area contributed by atoms with E-state index < -0.39 is 0 Å². The standard InChI is InChI=1S/C13H22N4O2/c1-4-15-12(18)7-16-11-6-5-10(14)13(17-11)19-8-9(2)3/h5-6,9H,4,7-8,14H2,1-3H3,(H,15,18)(H,16,17). The van der Waals surface area contributed by atoms with E-state index in [1.54, 1.807) is 12.1 Å². The van der Waals surface area contributed by atoms with Gasteiger partial charge in [-0.05, 0) is 25.0 Å². The van der Waals surface area contributed by atoms with E-state index in [9.17, 15) is 4.79 Å². The van der Waals surface area contributed by atoms with Crippen molar-refractivity contribution in [3.8, 4) is 5.88 Å². The predicted molar refractivity (Wildman–Crippen MR) is 76.2 cm³/mol. The summed E-state index contributed by atoms with van der Waals surface area (Å²) >= 11 is 0. The van der Waals surface area contributed by atoms with E-state index in [0.717, 1.165) is 0 Å². The second kappa shape index (κ2) is 7.45. The number of pyridine rings is 1. The molecule has 4 N–H and O–H groups in total. The average molecular weight is 266 g/mol. The molecule has 19 heavy (non-hydrogen) atoms. The van der Waals surface area contributed by atoms with Crippen molar-refractivity contribution in [2.45, 2.75) is 20.8 Å². The Labute approximate surface area is 113 Å². The molecule has 1 aromatic heterocycles. The molecular formula is C13H22N4O2. The largest absolute Gasteiger partial charge is 0.476 e. The zero-order chi connectivity index (χ0) is 14.3. The minimum atomic E-state index is -0.0780. The number of rotatable bonds is 7. The third-order valence-electron chi connectivity index (χ3n) is 2.25. The maximum absolute atomic E-state index is 11.3. The molecule has 0 saturated heterocycles. The number of carbonyl (C=O) groups is 1. The Kier molecular flexibility index (Phi) is 5.92. The smallest absolute Gasteiger partial charge is 0.239 e. The summed E-state index contributed by atoms with van der Waals surface area (Å²) in [4.78, 5) is 15.6. The number of nitrogen functional groups attached to an aromatic ring is 1. The number of nitrogens with one attached hydrogen (secondary N) is 2. The molecule has 0 radical (unpaired) electrons. The van der Waals surface area contributed by atoms with Gasteiger partial charge in [0.25, 0.3) is 0 Å². The van der Waals surface area contributed by atoms with Gasteiger partial charge in [-0.3, -0.25) is 4.79 Å². The third kappa shape index (κ3) is 5.46. The van der Waals surface area contributed by atoms with E-state index in [4.69, 9.17) is 10.5 Å². The number of carbonyl (C=O) groups excluding carboxylic acids is 1. The highest BCUT2D eigenvalue weighted by molar-refractivity contribution is 5.80. The number of amides is 1. The highest BCUT2D eigenvalue weighted by Crippen LogP contribution is 2.21. The first kappa shape index (κ1) is 15.1. The Hall–Kier alpha value is -1.98. The van der Waals surface area contributed by atoms with Crippen molar-refractivity contribution in [1.82, 2.24) is 10.3 Å². The van der Waals surface area contributed by atoms with Gasteiger partial charge < -0.3 is 21.1 Å². The van der Waals surface area contributed by atoms with Crippen molar-refractivity contribution >= 4 is 17.4 Å². The molecular weight excluding hydrogens is 244 g/mol. The first-order chi connectivity index (χ1) is 9.02. The summed E-state index contributed by atoms with van der Waals surface area (Å²) in [6.45, 7) is 7.31. The summed E-state index contributed by atoms with van der Waals surface area (Å²) < 4.78 is 5.52. The molecule has 0 bridgehead atoms. The monoisotopic (exact) mass is 266 g/mol. The molecule has 1 heterocycles. The number of hydrogen-bond acceptors (Lipinski definition) is 5. The van der Waals surface area contributed by atoms with Crippen LogP contribution in [0.1, 0.15) is 20.8 Å². The van der Waals surface area contributed by atoms with Gasteiger partial charge in [0.2, 0.25) is 11.8 Å². The molecule has 106 valence electrons. The molecule has 1 aromatic rings. The van der Waals surface area contributed by atoms with Gasteiger partial charge in [0, 0.05) is 6.54 Å². The maximum atomic E-state index is 11.3. The lowest BCUT2D eigenvalue weighted by Crippen LogP contribution is -2.29.